The highest BCUT2D eigenvalue weighted by molar-refractivity contribution is 9.10. The minimum atomic E-state index is 0.00308. The molecule has 2 unspecified atom stereocenters. The molecule has 0 spiro atoms. The predicted molar refractivity (Wildman–Crippen MR) is 80.0 cm³/mol. The number of piperidine rings is 1. The van der Waals surface area contributed by atoms with Crippen LogP contribution in [0.1, 0.15) is 23.7 Å². The number of hydrogen-bond donors (Lipinski definition) is 0. The van der Waals surface area contributed by atoms with Crippen LogP contribution in [0.4, 0.5) is 0 Å². The number of amides is 1. The molecule has 3 nitrogen and oxygen atoms in total. The standard InChI is InChI=1S/C14H17BrClNO2/c1-9-5-6-17(8-13(9)16)14(18)11-7-10(19-2)3-4-12(11)15/h3-4,7,9,13H,5-6,8H2,1-2H3. The average Bonchev–Trinajstić information content (AvgIpc) is 2.41. The van der Waals surface area contributed by atoms with Crippen molar-refractivity contribution >= 4 is 33.4 Å². The van der Waals surface area contributed by atoms with E-state index in [1.54, 1.807) is 13.2 Å². The van der Waals surface area contributed by atoms with Gasteiger partial charge in [-0.15, -0.1) is 11.6 Å². The maximum Gasteiger partial charge on any atom is 0.255 e. The van der Waals surface area contributed by atoms with Crippen molar-refractivity contribution < 1.29 is 9.53 Å². The molecule has 0 aromatic heterocycles. The van der Waals surface area contributed by atoms with Crippen LogP contribution in [0.3, 0.4) is 0 Å². The number of carbonyl (C=O) groups excluding carboxylic acids is 1. The van der Waals surface area contributed by atoms with Crippen LogP contribution in [0.25, 0.3) is 0 Å². The molecule has 1 aliphatic rings. The Morgan fingerprint density at radius 3 is 2.89 bits per heavy atom. The maximum absolute atomic E-state index is 12.5. The van der Waals surface area contributed by atoms with E-state index >= 15 is 0 Å². The molecular weight excluding hydrogens is 330 g/mol. The lowest BCUT2D eigenvalue weighted by atomic mass is 9.98. The molecule has 0 N–H and O–H groups in total. The average molecular weight is 347 g/mol. The summed E-state index contributed by atoms with van der Waals surface area (Å²) in [6.45, 7) is 3.49. The van der Waals surface area contributed by atoms with Gasteiger partial charge in [0.2, 0.25) is 0 Å². The molecule has 0 radical (unpaired) electrons. The Balaban J connectivity index is 2.20. The number of benzene rings is 1. The summed E-state index contributed by atoms with van der Waals surface area (Å²) in [7, 11) is 1.59. The van der Waals surface area contributed by atoms with Gasteiger partial charge in [0.15, 0.2) is 0 Å². The van der Waals surface area contributed by atoms with E-state index in [4.69, 9.17) is 16.3 Å². The lowest BCUT2D eigenvalue weighted by Gasteiger charge is -2.34. The molecule has 1 heterocycles. The molecule has 19 heavy (non-hydrogen) atoms. The van der Waals surface area contributed by atoms with E-state index in [9.17, 15) is 4.79 Å². The van der Waals surface area contributed by atoms with Crippen LogP contribution in [0.5, 0.6) is 5.75 Å². The van der Waals surface area contributed by atoms with Crippen molar-refractivity contribution in [1.82, 2.24) is 4.90 Å². The highest BCUT2D eigenvalue weighted by Crippen LogP contribution is 2.27. The lowest BCUT2D eigenvalue weighted by molar-refractivity contribution is 0.0700. The van der Waals surface area contributed by atoms with Crippen molar-refractivity contribution in [1.29, 1.82) is 0 Å². The van der Waals surface area contributed by atoms with E-state index in [0.29, 0.717) is 23.8 Å². The largest absolute Gasteiger partial charge is 0.497 e. The predicted octanol–water partition coefficient (Wildman–Crippen LogP) is 3.55. The van der Waals surface area contributed by atoms with Crippen LogP contribution in [0.15, 0.2) is 22.7 Å². The van der Waals surface area contributed by atoms with E-state index in [0.717, 1.165) is 17.4 Å². The van der Waals surface area contributed by atoms with Gasteiger partial charge in [0.25, 0.3) is 5.91 Å². The summed E-state index contributed by atoms with van der Waals surface area (Å²) in [6, 6.07) is 5.41. The van der Waals surface area contributed by atoms with Crippen molar-refractivity contribution in [2.45, 2.75) is 18.7 Å². The van der Waals surface area contributed by atoms with Gasteiger partial charge in [0.05, 0.1) is 18.1 Å². The Morgan fingerprint density at radius 1 is 1.53 bits per heavy atom. The number of rotatable bonds is 2. The molecule has 0 aliphatic carbocycles. The highest BCUT2D eigenvalue weighted by atomic mass is 79.9. The first kappa shape index (κ1) is 14.7. The first-order valence-corrected chi connectivity index (χ1v) is 7.52. The van der Waals surface area contributed by atoms with E-state index in [1.807, 2.05) is 17.0 Å². The fraction of sp³-hybridized carbons (Fsp3) is 0.500. The molecule has 0 bridgehead atoms. The zero-order valence-electron chi connectivity index (χ0n) is 11.0. The van der Waals surface area contributed by atoms with E-state index in [-0.39, 0.29) is 11.3 Å². The first-order chi connectivity index (χ1) is 9.02. The van der Waals surface area contributed by atoms with Gasteiger partial charge in [-0.05, 0) is 46.5 Å². The molecule has 104 valence electrons. The van der Waals surface area contributed by atoms with E-state index in [1.165, 1.54) is 0 Å². The highest BCUT2D eigenvalue weighted by Gasteiger charge is 2.28. The van der Waals surface area contributed by atoms with Gasteiger partial charge in [0.1, 0.15) is 5.75 Å². The molecule has 1 aromatic rings. The fourth-order valence-corrected chi connectivity index (χ4v) is 2.88. The lowest BCUT2D eigenvalue weighted by Crippen LogP contribution is -2.43. The fourth-order valence-electron chi connectivity index (χ4n) is 2.17. The second-order valence-corrected chi connectivity index (χ2v) is 6.29. The van der Waals surface area contributed by atoms with Gasteiger partial charge in [0, 0.05) is 17.6 Å². The summed E-state index contributed by atoms with van der Waals surface area (Å²) in [4.78, 5) is 14.3. The number of ether oxygens (including phenoxy) is 1. The van der Waals surface area contributed by atoms with Crippen molar-refractivity contribution in [3.05, 3.63) is 28.2 Å². The molecule has 5 heteroatoms. The van der Waals surface area contributed by atoms with Gasteiger partial charge >= 0.3 is 0 Å². The topological polar surface area (TPSA) is 29.5 Å². The molecule has 1 amide bonds. The Hall–Kier alpha value is -0.740. The normalized spacial score (nSPS) is 23.3. The number of carbonyl (C=O) groups is 1. The number of methoxy groups -OCH3 is 1. The minimum Gasteiger partial charge on any atom is -0.497 e. The SMILES string of the molecule is COc1ccc(Br)c(C(=O)N2CCC(C)C(Cl)C2)c1. The van der Waals surface area contributed by atoms with Crippen molar-refractivity contribution in [2.24, 2.45) is 5.92 Å². The summed E-state index contributed by atoms with van der Waals surface area (Å²) < 4.78 is 5.95. The number of hydrogen-bond acceptors (Lipinski definition) is 2. The minimum absolute atomic E-state index is 0.00308. The summed E-state index contributed by atoms with van der Waals surface area (Å²) in [5.41, 5.74) is 0.623. The van der Waals surface area contributed by atoms with Crippen molar-refractivity contribution in [3.8, 4) is 5.75 Å². The van der Waals surface area contributed by atoms with Gasteiger partial charge in [-0.25, -0.2) is 0 Å². The zero-order chi connectivity index (χ0) is 14.0. The number of likely N-dealkylation sites (tertiary alicyclic amines) is 1. The van der Waals surface area contributed by atoms with Crippen LogP contribution in [-0.2, 0) is 0 Å². The quantitative estimate of drug-likeness (QED) is 0.767. The molecular formula is C14H17BrClNO2. The third-order valence-corrected chi connectivity index (χ3v) is 4.82. The van der Waals surface area contributed by atoms with E-state index < -0.39 is 0 Å². The molecule has 1 saturated heterocycles. The van der Waals surface area contributed by atoms with Gasteiger partial charge in [-0.1, -0.05) is 6.92 Å². The second kappa shape index (κ2) is 6.14. The third kappa shape index (κ3) is 3.23. The van der Waals surface area contributed by atoms with Gasteiger partial charge in [-0.3, -0.25) is 4.79 Å². The smallest absolute Gasteiger partial charge is 0.255 e. The van der Waals surface area contributed by atoms with Crippen LogP contribution in [-0.4, -0.2) is 36.4 Å². The van der Waals surface area contributed by atoms with Gasteiger partial charge in [-0.2, -0.15) is 0 Å². The van der Waals surface area contributed by atoms with Crippen LogP contribution >= 0.6 is 27.5 Å². The Kier molecular flexibility index (Phi) is 4.74. The molecule has 1 fully saturated rings. The monoisotopic (exact) mass is 345 g/mol. The number of halogens is 2. The summed E-state index contributed by atoms with van der Waals surface area (Å²) >= 11 is 9.68. The first-order valence-electron chi connectivity index (χ1n) is 6.29. The Bertz CT molecular complexity index is 481. The van der Waals surface area contributed by atoms with Crippen molar-refractivity contribution in [2.75, 3.05) is 20.2 Å². The van der Waals surface area contributed by atoms with E-state index in [2.05, 4.69) is 22.9 Å². The van der Waals surface area contributed by atoms with Crippen molar-refractivity contribution in [3.63, 3.8) is 0 Å². The summed E-state index contributed by atoms with van der Waals surface area (Å²) in [5, 5.41) is 0.0297. The third-order valence-electron chi connectivity index (χ3n) is 3.56. The Labute approximate surface area is 127 Å². The molecule has 1 aromatic carbocycles. The number of nitrogens with zero attached hydrogens (tertiary/aromatic N) is 1. The molecule has 2 atom stereocenters. The van der Waals surface area contributed by atoms with Crippen LogP contribution in [0, 0.1) is 5.92 Å². The Morgan fingerprint density at radius 2 is 2.26 bits per heavy atom. The second-order valence-electron chi connectivity index (χ2n) is 4.88. The molecule has 2 rings (SSSR count). The zero-order valence-corrected chi connectivity index (χ0v) is 13.4. The van der Waals surface area contributed by atoms with Crippen LogP contribution < -0.4 is 4.74 Å². The summed E-state index contributed by atoms with van der Waals surface area (Å²) in [5.74, 6) is 1.14. The van der Waals surface area contributed by atoms with Crippen LogP contribution in [0.2, 0.25) is 0 Å². The molecule has 0 saturated carbocycles. The molecule has 1 aliphatic heterocycles. The summed E-state index contributed by atoms with van der Waals surface area (Å²) in [6.07, 6.45) is 0.946. The van der Waals surface area contributed by atoms with Gasteiger partial charge < -0.3 is 9.64 Å². The number of alkyl halides is 1. The maximum atomic E-state index is 12.5.